The highest BCUT2D eigenvalue weighted by Crippen LogP contribution is 2.35. The Morgan fingerprint density at radius 1 is 1.27 bits per heavy atom. The Morgan fingerprint density at radius 3 is 2.85 bits per heavy atom. The fourth-order valence-electron chi connectivity index (χ4n) is 4.36. The molecule has 4 heterocycles. The molecule has 0 N–H and O–H groups in total. The van der Waals surface area contributed by atoms with Gasteiger partial charge >= 0.3 is 0 Å². The standard InChI is InChI=1S/C20H28N4OS/c1-13(2)10-15-12-26-20-18(15)19(21-14(3)22-20)23-8-4-6-16(11-23)24-9-5-7-17(24)25/h12-13,16H,4-11H2,1-3H3. The summed E-state index contributed by atoms with van der Waals surface area (Å²) in [5.41, 5.74) is 1.37. The first kappa shape index (κ1) is 17.7. The summed E-state index contributed by atoms with van der Waals surface area (Å²) in [5.74, 6) is 2.86. The Balaban J connectivity index is 1.68. The molecule has 1 unspecified atom stereocenters. The third-order valence-electron chi connectivity index (χ3n) is 5.48. The Kier molecular flexibility index (Phi) is 4.86. The summed E-state index contributed by atoms with van der Waals surface area (Å²) in [6.45, 7) is 9.33. The summed E-state index contributed by atoms with van der Waals surface area (Å²) < 4.78 is 0. The molecule has 2 saturated heterocycles. The molecule has 2 fully saturated rings. The van der Waals surface area contributed by atoms with E-state index in [1.807, 2.05) is 6.92 Å². The van der Waals surface area contributed by atoms with Crippen molar-refractivity contribution in [3.05, 3.63) is 16.8 Å². The number of hydrogen-bond acceptors (Lipinski definition) is 5. The Labute approximate surface area is 159 Å². The zero-order valence-electron chi connectivity index (χ0n) is 16.0. The largest absolute Gasteiger partial charge is 0.354 e. The normalized spacial score (nSPS) is 21.4. The van der Waals surface area contributed by atoms with Gasteiger partial charge in [0.25, 0.3) is 0 Å². The van der Waals surface area contributed by atoms with Gasteiger partial charge in [-0.25, -0.2) is 9.97 Å². The van der Waals surface area contributed by atoms with Crippen LogP contribution in [0.1, 0.15) is 50.9 Å². The molecule has 2 aliphatic heterocycles. The van der Waals surface area contributed by atoms with Crippen LogP contribution in [0.3, 0.4) is 0 Å². The summed E-state index contributed by atoms with van der Waals surface area (Å²) in [6.07, 6.45) is 5.01. The fourth-order valence-corrected chi connectivity index (χ4v) is 5.35. The predicted octanol–water partition coefficient (Wildman–Crippen LogP) is 3.79. The predicted molar refractivity (Wildman–Crippen MR) is 107 cm³/mol. The number of carbonyl (C=O) groups is 1. The van der Waals surface area contributed by atoms with Crippen LogP contribution in [0.25, 0.3) is 10.2 Å². The molecule has 1 amide bonds. The summed E-state index contributed by atoms with van der Waals surface area (Å²) in [7, 11) is 0. The third-order valence-corrected chi connectivity index (χ3v) is 6.40. The minimum absolute atomic E-state index is 0.330. The summed E-state index contributed by atoms with van der Waals surface area (Å²) in [5, 5.41) is 3.50. The second kappa shape index (κ2) is 7.14. The van der Waals surface area contributed by atoms with Crippen LogP contribution in [0, 0.1) is 12.8 Å². The maximum Gasteiger partial charge on any atom is 0.222 e. The first-order valence-electron chi connectivity index (χ1n) is 9.82. The first-order valence-corrected chi connectivity index (χ1v) is 10.7. The molecular formula is C20H28N4OS. The van der Waals surface area contributed by atoms with Crippen LogP contribution in [-0.4, -0.2) is 46.5 Å². The van der Waals surface area contributed by atoms with Crippen molar-refractivity contribution in [2.45, 2.75) is 58.9 Å². The molecule has 26 heavy (non-hydrogen) atoms. The van der Waals surface area contributed by atoms with Gasteiger partial charge in [0.15, 0.2) is 0 Å². The third kappa shape index (κ3) is 3.31. The van der Waals surface area contributed by atoms with Crippen LogP contribution in [0.15, 0.2) is 5.38 Å². The molecule has 2 aliphatic rings. The molecule has 4 rings (SSSR count). The maximum atomic E-state index is 12.2. The number of aromatic nitrogens is 2. The van der Waals surface area contributed by atoms with E-state index < -0.39 is 0 Å². The topological polar surface area (TPSA) is 49.3 Å². The van der Waals surface area contributed by atoms with Gasteiger partial charge in [-0.3, -0.25) is 4.79 Å². The zero-order valence-corrected chi connectivity index (χ0v) is 16.8. The lowest BCUT2D eigenvalue weighted by molar-refractivity contribution is -0.129. The summed E-state index contributed by atoms with van der Waals surface area (Å²) >= 11 is 1.73. The van der Waals surface area contributed by atoms with Crippen LogP contribution in [0.5, 0.6) is 0 Å². The van der Waals surface area contributed by atoms with E-state index >= 15 is 0 Å². The van der Waals surface area contributed by atoms with Crippen molar-refractivity contribution in [3.8, 4) is 0 Å². The van der Waals surface area contributed by atoms with Gasteiger partial charge in [0.1, 0.15) is 16.5 Å². The Bertz CT molecular complexity index is 815. The highest BCUT2D eigenvalue weighted by atomic mass is 32.1. The van der Waals surface area contributed by atoms with Gasteiger partial charge < -0.3 is 9.80 Å². The van der Waals surface area contributed by atoms with Crippen LogP contribution >= 0.6 is 11.3 Å². The van der Waals surface area contributed by atoms with Crippen molar-refractivity contribution in [1.29, 1.82) is 0 Å². The molecule has 140 valence electrons. The van der Waals surface area contributed by atoms with Crippen molar-refractivity contribution in [1.82, 2.24) is 14.9 Å². The second-order valence-corrected chi connectivity index (χ2v) is 8.92. The zero-order chi connectivity index (χ0) is 18.3. The van der Waals surface area contributed by atoms with Crippen LogP contribution in [0.2, 0.25) is 0 Å². The molecule has 0 spiro atoms. The average molecular weight is 373 g/mol. The number of hydrogen-bond donors (Lipinski definition) is 0. The number of aryl methyl sites for hydroxylation is 1. The van der Waals surface area contributed by atoms with Crippen molar-refractivity contribution < 1.29 is 4.79 Å². The smallest absolute Gasteiger partial charge is 0.222 e. The monoisotopic (exact) mass is 372 g/mol. The van der Waals surface area contributed by atoms with Crippen molar-refractivity contribution >= 4 is 33.3 Å². The maximum absolute atomic E-state index is 12.2. The Hall–Kier alpha value is -1.69. The molecule has 0 radical (unpaired) electrons. The van der Waals surface area contributed by atoms with Gasteiger partial charge in [-0.1, -0.05) is 13.8 Å². The fraction of sp³-hybridized carbons (Fsp3) is 0.650. The van der Waals surface area contributed by atoms with Crippen LogP contribution in [-0.2, 0) is 11.2 Å². The SMILES string of the molecule is Cc1nc(N2CCCC(N3CCCC3=O)C2)c2c(CC(C)C)csc2n1. The molecular weight excluding hydrogens is 344 g/mol. The minimum Gasteiger partial charge on any atom is -0.354 e. The van der Waals surface area contributed by atoms with E-state index in [-0.39, 0.29) is 0 Å². The van der Waals surface area contributed by atoms with Crippen LogP contribution < -0.4 is 4.90 Å². The number of amides is 1. The molecule has 2 aromatic rings. The second-order valence-electron chi connectivity index (χ2n) is 8.07. The van der Waals surface area contributed by atoms with Gasteiger partial charge in [-0.05, 0) is 49.5 Å². The summed E-state index contributed by atoms with van der Waals surface area (Å²) in [4.78, 5) is 27.4. The average Bonchev–Trinajstić information content (AvgIpc) is 3.20. The lowest BCUT2D eigenvalue weighted by atomic mass is 10.0. The minimum atomic E-state index is 0.330. The molecule has 1 atom stereocenters. The van der Waals surface area contributed by atoms with Gasteiger partial charge in [0.2, 0.25) is 5.91 Å². The van der Waals surface area contributed by atoms with Crippen LogP contribution in [0.4, 0.5) is 5.82 Å². The highest BCUT2D eigenvalue weighted by Gasteiger charge is 2.32. The number of anilines is 1. The number of rotatable bonds is 4. The summed E-state index contributed by atoms with van der Waals surface area (Å²) in [6, 6.07) is 0.330. The quantitative estimate of drug-likeness (QED) is 0.819. The van der Waals surface area contributed by atoms with Crippen molar-refractivity contribution in [2.75, 3.05) is 24.5 Å². The number of fused-ring (bicyclic) bond motifs is 1. The van der Waals surface area contributed by atoms with E-state index in [9.17, 15) is 4.79 Å². The highest BCUT2D eigenvalue weighted by molar-refractivity contribution is 7.17. The van der Waals surface area contributed by atoms with Gasteiger partial charge in [-0.2, -0.15) is 0 Å². The number of carbonyl (C=O) groups excluding carboxylic acids is 1. The molecule has 0 bridgehead atoms. The van der Waals surface area contributed by atoms with Crippen molar-refractivity contribution in [2.24, 2.45) is 5.92 Å². The van der Waals surface area contributed by atoms with E-state index in [0.717, 1.165) is 68.2 Å². The van der Waals surface area contributed by atoms with Gasteiger partial charge in [0, 0.05) is 32.1 Å². The molecule has 0 aromatic carbocycles. The van der Waals surface area contributed by atoms with Gasteiger partial charge in [0.05, 0.1) is 5.39 Å². The molecule has 5 nitrogen and oxygen atoms in total. The number of thiophene rings is 1. The lowest BCUT2D eigenvalue weighted by Gasteiger charge is -2.38. The first-order chi connectivity index (χ1) is 12.5. The molecule has 6 heteroatoms. The van der Waals surface area contributed by atoms with E-state index in [1.165, 1.54) is 10.9 Å². The van der Waals surface area contributed by atoms with Gasteiger partial charge in [-0.15, -0.1) is 11.3 Å². The number of nitrogens with zero attached hydrogens (tertiary/aromatic N) is 4. The van der Waals surface area contributed by atoms with E-state index in [0.29, 0.717) is 17.9 Å². The van der Waals surface area contributed by atoms with E-state index in [4.69, 9.17) is 4.98 Å². The van der Waals surface area contributed by atoms with E-state index in [2.05, 4.69) is 34.0 Å². The van der Waals surface area contributed by atoms with Crippen molar-refractivity contribution in [3.63, 3.8) is 0 Å². The number of piperidine rings is 1. The molecule has 2 aromatic heterocycles. The van der Waals surface area contributed by atoms with E-state index in [1.54, 1.807) is 11.3 Å². The molecule has 0 saturated carbocycles. The Morgan fingerprint density at radius 2 is 2.12 bits per heavy atom. The molecule has 0 aliphatic carbocycles. The number of likely N-dealkylation sites (tertiary alicyclic amines) is 1. The lowest BCUT2D eigenvalue weighted by Crippen LogP contribution is -2.48.